The highest BCUT2D eigenvalue weighted by Crippen LogP contribution is 2.40. The molecule has 0 aromatic heterocycles. The van der Waals surface area contributed by atoms with Gasteiger partial charge < -0.3 is 15.1 Å². The highest BCUT2D eigenvalue weighted by molar-refractivity contribution is 9.11. The van der Waals surface area contributed by atoms with Gasteiger partial charge in [0.25, 0.3) is 5.91 Å². The van der Waals surface area contributed by atoms with Gasteiger partial charge in [-0.2, -0.15) is 5.10 Å². The van der Waals surface area contributed by atoms with Gasteiger partial charge in [-0.3, -0.25) is 4.79 Å². The summed E-state index contributed by atoms with van der Waals surface area (Å²) in [5, 5.41) is 25.9. The molecule has 0 fully saturated rings. The Labute approximate surface area is 191 Å². The lowest BCUT2D eigenvalue weighted by Crippen LogP contribution is -2.35. The van der Waals surface area contributed by atoms with Crippen LogP contribution in [0.4, 0.5) is 5.69 Å². The molecule has 0 aliphatic rings. The number of hydrogen-bond donors (Lipinski definition) is 3. The van der Waals surface area contributed by atoms with Crippen molar-refractivity contribution >= 4 is 60.4 Å². The minimum Gasteiger partial charge on any atom is -0.506 e. The molecule has 3 rings (SSSR count). The monoisotopic (exact) mass is 531 g/mol. The first-order valence-corrected chi connectivity index (χ1v) is 10.6. The number of fused-ring (bicyclic) bond motifs is 1. The summed E-state index contributed by atoms with van der Waals surface area (Å²) in [5.74, 6) is -0.639. The Bertz CT molecular complexity index is 1100. The van der Waals surface area contributed by atoms with Gasteiger partial charge in [-0.25, -0.2) is 5.43 Å². The first kappa shape index (κ1) is 22.1. The quantitative estimate of drug-likeness (QED) is 0.300. The highest BCUT2D eigenvalue weighted by Gasteiger charge is 2.14. The van der Waals surface area contributed by atoms with Crippen LogP contribution in [0.25, 0.3) is 10.8 Å². The number of rotatable bonds is 7. The van der Waals surface area contributed by atoms with E-state index in [1.165, 1.54) is 12.3 Å². The van der Waals surface area contributed by atoms with Gasteiger partial charge in [0, 0.05) is 17.8 Å². The predicted molar refractivity (Wildman–Crippen MR) is 126 cm³/mol. The molecule has 6 nitrogen and oxygen atoms in total. The van der Waals surface area contributed by atoms with Gasteiger partial charge >= 0.3 is 0 Å². The number of phenols is 2. The van der Waals surface area contributed by atoms with E-state index >= 15 is 0 Å². The van der Waals surface area contributed by atoms with Crippen LogP contribution in [0.5, 0.6) is 11.5 Å². The van der Waals surface area contributed by atoms with E-state index in [-0.39, 0.29) is 28.4 Å². The summed E-state index contributed by atoms with van der Waals surface area (Å²) < 4.78 is 0.514. The van der Waals surface area contributed by atoms with Gasteiger partial charge in [-0.05, 0) is 74.2 Å². The normalized spacial score (nSPS) is 11.2. The van der Waals surface area contributed by atoms with E-state index in [0.29, 0.717) is 23.0 Å². The molecule has 0 spiro atoms. The zero-order chi connectivity index (χ0) is 21.7. The number of nitrogens with one attached hydrogen (secondary N) is 1. The third-order valence-corrected chi connectivity index (χ3v) is 5.78. The molecule has 3 aromatic carbocycles. The van der Waals surface area contributed by atoms with E-state index in [0.717, 1.165) is 16.5 Å². The van der Waals surface area contributed by atoms with Crippen LogP contribution in [0.3, 0.4) is 0 Å². The maximum Gasteiger partial charge on any atom is 0.259 e. The van der Waals surface area contributed by atoms with Crippen LogP contribution in [0, 0.1) is 6.92 Å². The Morgan fingerprint density at radius 2 is 1.83 bits per heavy atom. The molecule has 154 valence electrons. The average molecular weight is 533 g/mol. The third kappa shape index (κ3) is 5.12. The summed E-state index contributed by atoms with van der Waals surface area (Å²) in [5.41, 5.74) is 3.66. The van der Waals surface area contributed by atoms with E-state index in [4.69, 9.17) is 6.92 Å². The minimum absolute atomic E-state index is 0.0713. The first-order valence-electron chi connectivity index (χ1n) is 9.06. The molecular weight excluding hydrogens is 514 g/mol. The van der Waals surface area contributed by atoms with Gasteiger partial charge in [0.05, 0.1) is 17.2 Å². The van der Waals surface area contributed by atoms with Crippen molar-refractivity contribution < 1.29 is 15.0 Å². The molecule has 0 atom stereocenters. The molecular formula is C22H19Br2N3O3. The Hall–Kier alpha value is -2.58. The number of halogens is 2. The number of amides is 1. The Balaban J connectivity index is 1.70. The summed E-state index contributed by atoms with van der Waals surface area (Å²) in [6.07, 6.45) is 1.69. The SMILES string of the molecule is [CH]CCN(CC(=O)N/N=C/c1cc(Br)c(O)c(Br)c1O)c1ccc2ccccc2c1. The van der Waals surface area contributed by atoms with Crippen molar-refractivity contribution in [2.75, 3.05) is 18.0 Å². The van der Waals surface area contributed by atoms with Crippen LogP contribution in [0.15, 0.2) is 62.6 Å². The zero-order valence-corrected chi connectivity index (χ0v) is 19.0. The highest BCUT2D eigenvalue weighted by atomic mass is 79.9. The van der Waals surface area contributed by atoms with E-state index in [2.05, 4.69) is 42.4 Å². The van der Waals surface area contributed by atoms with Crippen LogP contribution in [0.2, 0.25) is 0 Å². The van der Waals surface area contributed by atoms with Crippen molar-refractivity contribution in [1.29, 1.82) is 0 Å². The lowest BCUT2D eigenvalue weighted by molar-refractivity contribution is -0.119. The number of anilines is 1. The second-order valence-corrected chi connectivity index (χ2v) is 8.14. The molecule has 0 aliphatic carbocycles. The van der Waals surface area contributed by atoms with Crippen LogP contribution in [0.1, 0.15) is 12.0 Å². The van der Waals surface area contributed by atoms with Crippen LogP contribution in [-0.4, -0.2) is 35.4 Å². The second-order valence-electron chi connectivity index (χ2n) is 6.49. The minimum atomic E-state index is -0.329. The molecule has 3 N–H and O–H groups in total. The maximum absolute atomic E-state index is 12.4. The van der Waals surface area contributed by atoms with Gasteiger partial charge in [0.1, 0.15) is 16.0 Å². The number of hydrazone groups is 1. The smallest absolute Gasteiger partial charge is 0.259 e. The van der Waals surface area contributed by atoms with Crippen molar-refractivity contribution in [3.05, 3.63) is 70.0 Å². The Morgan fingerprint density at radius 3 is 2.57 bits per heavy atom. The fourth-order valence-electron chi connectivity index (χ4n) is 2.93. The molecule has 2 radical (unpaired) electrons. The molecule has 1 amide bonds. The maximum atomic E-state index is 12.4. The van der Waals surface area contributed by atoms with Crippen molar-refractivity contribution in [2.24, 2.45) is 5.10 Å². The van der Waals surface area contributed by atoms with Crippen molar-refractivity contribution in [3.8, 4) is 11.5 Å². The molecule has 30 heavy (non-hydrogen) atoms. The zero-order valence-electron chi connectivity index (χ0n) is 15.8. The van der Waals surface area contributed by atoms with Gasteiger partial charge in [0.15, 0.2) is 0 Å². The molecule has 0 saturated heterocycles. The van der Waals surface area contributed by atoms with E-state index < -0.39 is 0 Å². The molecule has 3 aromatic rings. The topological polar surface area (TPSA) is 85.2 Å². The van der Waals surface area contributed by atoms with Crippen LogP contribution >= 0.6 is 31.9 Å². The molecule has 0 heterocycles. The number of carbonyl (C=O) groups is 1. The van der Waals surface area contributed by atoms with E-state index in [9.17, 15) is 15.0 Å². The summed E-state index contributed by atoms with van der Waals surface area (Å²) in [6.45, 7) is 6.31. The second kappa shape index (κ2) is 9.95. The largest absolute Gasteiger partial charge is 0.506 e. The summed E-state index contributed by atoms with van der Waals surface area (Å²) in [4.78, 5) is 14.3. The van der Waals surface area contributed by atoms with Gasteiger partial charge in [-0.15, -0.1) is 0 Å². The van der Waals surface area contributed by atoms with Crippen molar-refractivity contribution in [3.63, 3.8) is 0 Å². The van der Waals surface area contributed by atoms with Crippen molar-refractivity contribution in [1.82, 2.24) is 5.43 Å². The molecule has 0 unspecified atom stereocenters. The third-order valence-electron chi connectivity index (χ3n) is 4.42. The predicted octanol–water partition coefficient (Wildman–Crippen LogP) is 4.83. The van der Waals surface area contributed by atoms with Gasteiger partial charge in [0.2, 0.25) is 0 Å². The number of phenolic OH excluding ortho intramolecular Hbond substituents is 2. The average Bonchev–Trinajstić information content (AvgIpc) is 2.75. The first-order chi connectivity index (χ1) is 14.4. The fourth-order valence-corrected chi connectivity index (χ4v) is 4.08. The summed E-state index contributed by atoms with van der Waals surface area (Å²) in [6, 6.07) is 15.5. The van der Waals surface area contributed by atoms with Crippen molar-refractivity contribution in [2.45, 2.75) is 6.42 Å². The Kier molecular flexibility index (Phi) is 7.33. The summed E-state index contributed by atoms with van der Waals surface area (Å²) in [7, 11) is 0. The van der Waals surface area contributed by atoms with Crippen LogP contribution in [-0.2, 0) is 4.79 Å². The summed E-state index contributed by atoms with van der Waals surface area (Å²) >= 11 is 6.28. The molecule has 0 aliphatic heterocycles. The number of benzene rings is 3. The van der Waals surface area contributed by atoms with Gasteiger partial charge in [-0.1, -0.05) is 30.3 Å². The molecule has 8 heteroatoms. The molecule has 0 saturated carbocycles. The number of hydrogen-bond acceptors (Lipinski definition) is 5. The van der Waals surface area contributed by atoms with Crippen LogP contribution < -0.4 is 10.3 Å². The Morgan fingerprint density at radius 1 is 1.10 bits per heavy atom. The number of aromatic hydroxyl groups is 2. The number of carbonyl (C=O) groups excluding carboxylic acids is 1. The number of nitrogens with zero attached hydrogens (tertiary/aromatic N) is 2. The standard InChI is InChI=1S/C22H19Br2N3O3/c1-2-9-27(17-8-7-14-5-3-4-6-15(14)10-17)13-19(28)26-25-12-16-11-18(23)22(30)20(24)21(16)29/h1,3-8,10-12,29-30H,2,9,13H2,(H,26,28)/b25-12+. The lowest BCUT2D eigenvalue weighted by Gasteiger charge is -2.23. The lowest BCUT2D eigenvalue weighted by atomic mass is 10.1. The van der Waals surface area contributed by atoms with E-state index in [1.807, 2.05) is 47.4 Å². The molecule has 0 bridgehead atoms. The fraction of sp³-hybridized carbons (Fsp3) is 0.136. The van der Waals surface area contributed by atoms with E-state index in [1.54, 1.807) is 0 Å².